The Morgan fingerprint density at radius 1 is 1.47 bits per heavy atom. The minimum absolute atomic E-state index is 0.0719. The number of carbonyl (C=O) groups excluding carboxylic acids is 1. The largest absolute Gasteiger partial charge is 0.375 e. The third-order valence-electron chi connectivity index (χ3n) is 4.25. The van der Waals surface area contributed by atoms with Crippen LogP contribution < -0.4 is 0 Å². The van der Waals surface area contributed by atoms with Gasteiger partial charge in [-0.25, -0.2) is 0 Å². The van der Waals surface area contributed by atoms with Crippen LogP contribution in [0.3, 0.4) is 0 Å². The van der Waals surface area contributed by atoms with Crippen molar-refractivity contribution in [3.63, 3.8) is 0 Å². The lowest BCUT2D eigenvalue weighted by Crippen LogP contribution is -2.47. The zero-order valence-corrected chi connectivity index (χ0v) is 11.0. The Hall–Kier alpha value is -0.670. The highest BCUT2D eigenvalue weighted by atomic mass is 32.1. The lowest BCUT2D eigenvalue weighted by Gasteiger charge is -2.46. The lowest BCUT2D eigenvalue weighted by molar-refractivity contribution is -0.137. The molecular weight excluding hydrogens is 232 g/mol. The molecule has 0 N–H and O–H groups in total. The quantitative estimate of drug-likeness (QED) is 0.750. The summed E-state index contributed by atoms with van der Waals surface area (Å²) in [5, 5.41) is 4.06. The van der Waals surface area contributed by atoms with Crippen LogP contribution >= 0.6 is 11.3 Å². The number of ether oxygens (including phenoxy) is 1. The summed E-state index contributed by atoms with van der Waals surface area (Å²) < 4.78 is 5.88. The topological polar surface area (TPSA) is 26.3 Å². The van der Waals surface area contributed by atoms with Crippen molar-refractivity contribution in [3.8, 4) is 0 Å². The van der Waals surface area contributed by atoms with E-state index in [1.54, 1.807) is 11.3 Å². The highest BCUT2D eigenvalue weighted by Gasteiger charge is 2.44. The highest BCUT2D eigenvalue weighted by Crippen LogP contribution is 2.45. The first-order valence-corrected chi connectivity index (χ1v) is 7.35. The summed E-state index contributed by atoms with van der Waals surface area (Å²) >= 11 is 1.63. The molecule has 2 fully saturated rings. The van der Waals surface area contributed by atoms with E-state index in [0.29, 0.717) is 5.78 Å². The maximum atomic E-state index is 12.5. The van der Waals surface area contributed by atoms with Crippen LogP contribution in [0.25, 0.3) is 0 Å². The van der Waals surface area contributed by atoms with E-state index in [2.05, 4.69) is 5.38 Å². The Balaban J connectivity index is 1.76. The summed E-state index contributed by atoms with van der Waals surface area (Å²) in [7, 11) is 0. The second kappa shape index (κ2) is 4.21. The summed E-state index contributed by atoms with van der Waals surface area (Å²) in [6, 6.07) is 0. The number of aryl methyl sites for hydroxylation is 1. The number of Topliss-reactive ketones (excluding diaryl/α,β-unsaturated/α-hetero) is 1. The second-order valence-electron chi connectivity index (χ2n) is 5.41. The first-order chi connectivity index (χ1) is 8.20. The molecule has 2 nitrogen and oxygen atoms in total. The Morgan fingerprint density at radius 3 is 2.88 bits per heavy atom. The van der Waals surface area contributed by atoms with E-state index in [-0.39, 0.29) is 11.5 Å². The Kier molecular flexibility index (Phi) is 2.83. The van der Waals surface area contributed by atoms with Gasteiger partial charge in [0.2, 0.25) is 0 Å². The van der Waals surface area contributed by atoms with Gasteiger partial charge in [-0.3, -0.25) is 4.79 Å². The van der Waals surface area contributed by atoms with Crippen LogP contribution in [0, 0.1) is 12.8 Å². The number of carbonyl (C=O) groups is 1. The zero-order chi connectivity index (χ0) is 11.9. The van der Waals surface area contributed by atoms with E-state index in [1.807, 2.05) is 12.3 Å². The molecule has 1 saturated heterocycles. The van der Waals surface area contributed by atoms with Crippen LogP contribution in [0.4, 0.5) is 0 Å². The average molecular weight is 250 g/mol. The second-order valence-corrected chi connectivity index (χ2v) is 6.15. The van der Waals surface area contributed by atoms with Crippen molar-refractivity contribution in [1.29, 1.82) is 0 Å². The smallest absolute Gasteiger partial charge is 0.167 e. The maximum Gasteiger partial charge on any atom is 0.167 e. The molecule has 92 valence electrons. The molecule has 1 atom stereocenters. The van der Waals surface area contributed by atoms with Crippen molar-refractivity contribution < 1.29 is 9.53 Å². The summed E-state index contributed by atoms with van der Waals surface area (Å²) in [6.07, 6.45) is 5.41. The van der Waals surface area contributed by atoms with Gasteiger partial charge in [-0.1, -0.05) is 0 Å². The maximum absolute atomic E-state index is 12.5. The van der Waals surface area contributed by atoms with Gasteiger partial charge in [-0.15, -0.1) is 0 Å². The first kappa shape index (κ1) is 11.4. The van der Waals surface area contributed by atoms with Gasteiger partial charge in [0.15, 0.2) is 5.78 Å². The van der Waals surface area contributed by atoms with E-state index in [0.717, 1.165) is 43.4 Å². The SMILES string of the molecule is Cc1cscc1C(=O)C1CCOC2(CCC2)C1. The van der Waals surface area contributed by atoms with Gasteiger partial charge < -0.3 is 4.74 Å². The van der Waals surface area contributed by atoms with E-state index in [4.69, 9.17) is 4.74 Å². The minimum atomic E-state index is 0.0719. The average Bonchev–Trinajstić information content (AvgIpc) is 2.73. The summed E-state index contributed by atoms with van der Waals surface area (Å²) in [5.41, 5.74) is 2.15. The Morgan fingerprint density at radius 2 is 2.29 bits per heavy atom. The third kappa shape index (κ3) is 1.95. The molecule has 17 heavy (non-hydrogen) atoms. The van der Waals surface area contributed by atoms with Crippen LogP contribution in [0.2, 0.25) is 0 Å². The minimum Gasteiger partial charge on any atom is -0.375 e. The number of ketones is 1. The van der Waals surface area contributed by atoms with Gasteiger partial charge in [-0.2, -0.15) is 11.3 Å². The van der Waals surface area contributed by atoms with Gasteiger partial charge in [0, 0.05) is 23.5 Å². The van der Waals surface area contributed by atoms with E-state index in [1.165, 1.54) is 6.42 Å². The highest BCUT2D eigenvalue weighted by molar-refractivity contribution is 7.08. The molecule has 1 saturated carbocycles. The number of rotatable bonds is 2. The van der Waals surface area contributed by atoms with E-state index in [9.17, 15) is 4.79 Å². The van der Waals surface area contributed by atoms with Crippen molar-refractivity contribution in [2.24, 2.45) is 5.92 Å². The molecule has 1 aliphatic carbocycles. The molecule has 0 radical (unpaired) electrons. The van der Waals surface area contributed by atoms with Crippen molar-refractivity contribution >= 4 is 17.1 Å². The fraction of sp³-hybridized carbons (Fsp3) is 0.643. The molecule has 3 heteroatoms. The molecule has 0 bridgehead atoms. The fourth-order valence-corrected chi connectivity index (χ4v) is 3.84. The van der Waals surface area contributed by atoms with E-state index < -0.39 is 0 Å². The molecular formula is C14H18O2S. The lowest BCUT2D eigenvalue weighted by atomic mass is 9.70. The molecule has 0 aromatic carbocycles. The van der Waals surface area contributed by atoms with Gasteiger partial charge in [0.1, 0.15) is 0 Å². The van der Waals surface area contributed by atoms with Crippen LogP contribution in [-0.2, 0) is 4.74 Å². The van der Waals surface area contributed by atoms with Gasteiger partial charge >= 0.3 is 0 Å². The number of hydrogen-bond donors (Lipinski definition) is 0. The molecule has 1 unspecified atom stereocenters. The third-order valence-corrected chi connectivity index (χ3v) is 5.11. The summed E-state index contributed by atoms with van der Waals surface area (Å²) in [6.45, 7) is 2.79. The van der Waals surface area contributed by atoms with Crippen LogP contribution in [0.5, 0.6) is 0 Å². The molecule has 1 spiro atoms. The first-order valence-electron chi connectivity index (χ1n) is 6.41. The normalized spacial score (nSPS) is 26.8. The van der Waals surface area contributed by atoms with Crippen molar-refractivity contribution in [1.82, 2.24) is 0 Å². The summed E-state index contributed by atoms with van der Waals surface area (Å²) in [5.74, 6) is 0.538. The van der Waals surface area contributed by atoms with Gasteiger partial charge in [0.25, 0.3) is 0 Å². The molecule has 1 aromatic rings. The summed E-state index contributed by atoms with van der Waals surface area (Å²) in [4.78, 5) is 12.5. The van der Waals surface area contributed by atoms with Crippen molar-refractivity contribution in [3.05, 3.63) is 21.9 Å². The van der Waals surface area contributed by atoms with E-state index >= 15 is 0 Å². The molecule has 1 aromatic heterocycles. The molecule has 1 aliphatic heterocycles. The monoisotopic (exact) mass is 250 g/mol. The molecule has 2 aliphatic rings. The van der Waals surface area contributed by atoms with Crippen molar-refractivity contribution in [2.45, 2.75) is 44.6 Å². The predicted octanol–water partition coefficient (Wildman–Crippen LogP) is 3.59. The van der Waals surface area contributed by atoms with Gasteiger partial charge in [0.05, 0.1) is 5.60 Å². The standard InChI is InChI=1S/C14H18O2S/c1-10-8-17-9-12(10)13(15)11-3-6-16-14(7-11)4-2-5-14/h8-9,11H,2-7H2,1H3. The molecule has 3 rings (SSSR count). The van der Waals surface area contributed by atoms with Crippen molar-refractivity contribution in [2.75, 3.05) is 6.61 Å². The molecule has 2 heterocycles. The van der Waals surface area contributed by atoms with Crippen LogP contribution in [-0.4, -0.2) is 18.0 Å². The fourth-order valence-electron chi connectivity index (χ4n) is 3.00. The van der Waals surface area contributed by atoms with Crippen LogP contribution in [0.1, 0.15) is 48.0 Å². The Bertz CT molecular complexity index is 431. The predicted molar refractivity (Wildman–Crippen MR) is 68.6 cm³/mol. The molecule has 0 amide bonds. The Labute approximate surface area is 106 Å². The van der Waals surface area contributed by atoms with Crippen LogP contribution in [0.15, 0.2) is 10.8 Å². The van der Waals surface area contributed by atoms with Gasteiger partial charge in [-0.05, 0) is 50.0 Å². The zero-order valence-electron chi connectivity index (χ0n) is 10.2. The number of hydrogen-bond acceptors (Lipinski definition) is 3. The number of thiophene rings is 1.